The number of hydrogen-bond donors (Lipinski definition) is 2. The number of sulfonamides is 1. The van der Waals surface area contributed by atoms with Crippen LogP contribution in [0.5, 0.6) is 5.75 Å². The molecule has 0 radical (unpaired) electrons. The molecule has 0 spiro atoms. The minimum atomic E-state index is -3.91. The Hall–Kier alpha value is -2.06. The van der Waals surface area contributed by atoms with Crippen molar-refractivity contribution < 1.29 is 13.2 Å². The fourth-order valence-corrected chi connectivity index (χ4v) is 3.32. The third-order valence-corrected chi connectivity index (χ3v) is 4.43. The van der Waals surface area contributed by atoms with E-state index in [4.69, 9.17) is 16.3 Å². The highest BCUT2D eigenvalue weighted by Crippen LogP contribution is 2.28. The number of nitrogens with one attached hydrogen (secondary N) is 2. The largest absolute Gasteiger partial charge is 0.495 e. The average Bonchev–Trinajstić information content (AvgIpc) is 2.47. The molecule has 2 aromatic rings. The molecule has 9 heteroatoms. The second-order valence-electron chi connectivity index (χ2n) is 6.08. The molecule has 0 bridgehead atoms. The summed E-state index contributed by atoms with van der Waals surface area (Å²) < 4.78 is 32.5. The zero-order valence-electron chi connectivity index (χ0n) is 13.8. The van der Waals surface area contributed by atoms with Gasteiger partial charge in [-0.1, -0.05) is 11.6 Å². The lowest BCUT2D eigenvalue weighted by atomic mass is 10.1. The van der Waals surface area contributed by atoms with Crippen molar-refractivity contribution in [1.29, 1.82) is 0 Å². The Bertz CT molecular complexity index is 818. The fraction of sp³-hybridized carbons (Fsp3) is 0.333. The van der Waals surface area contributed by atoms with Crippen LogP contribution in [0.25, 0.3) is 0 Å². The molecule has 0 aliphatic heterocycles. The van der Waals surface area contributed by atoms with Crippen molar-refractivity contribution in [3.05, 3.63) is 35.4 Å². The lowest BCUT2D eigenvalue weighted by Crippen LogP contribution is -2.26. The van der Waals surface area contributed by atoms with Gasteiger partial charge < -0.3 is 10.1 Å². The van der Waals surface area contributed by atoms with Crippen LogP contribution in [0, 0.1) is 0 Å². The quantitative estimate of drug-likeness (QED) is 0.839. The van der Waals surface area contributed by atoms with Gasteiger partial charge >= 0.3 is 0 Å². The van der Waals surface area contributed by atoms with Gasteiger partial charge in [0.1, 0.15) is 16.5 Å². The van der Waals surface area contributed by atoms with E-state index in [9.17, 15) is 8.42 Å². The number of aromatic nitrogens is 2. The van der Waals surface area contributed by atoms with Crippen LogP contribution in [-0.2, 0) is 10.0 Å². The first kappa shape index (κ1) is 18.3. The molecule has 1 aromatic carbocycles. The molecule has 130 valence electrons. The Morgan fingerprint density at radius 1 is 1.08 bits per heavy atom. The normalized spacial score (nSPS) is 11.9. The summed E-state index contributed by atoms with van der Waals surface area (Å²) in [6, 6.07) is 7.51. The van der Waals surface area contributed by atoms with Gasteiger partial charge in [0, 0.05) is 10.6 Å². The topological polar surface area (TPSA) is 93.2 Å². The van der Waals surface area contributed by atoms with Crippen LogP contribution >= 0.6 is 11.6 Å². The molecule has 0 unspecified atom stereocenters. The number of benzene rings is 1. The Morgan fingerprint density at radius 3 is 2.25 bits per heavy atom. The summed E-state index contributed by atoms with van der Waals surface area (Å²) in [6.45, 7) is 5.95. The number of nitrogens with zero attached hydrogens (tertiary/aromatic N) is 2. The highest BCUT2D eigenvalue weighted by Gasteiger charge is 2.21. The van der Waals surface area contributed by atoms with Gasteiger partial charge in [-0.3, -0.25) is 4.72 Å². The van der Waals surface area contributed by atoms with Crippen molar-refractivity contribution in [1.82, 2.24) is 10.2 Å². The molecule has 2 rings (SSSR count). The molecule has 2 N–H and O–H groups in total. The summed E-state index contributed by atoms with van der Waals surface area (Å²) in [4.78, 5) is -0.0730. The number of hydrogen-bond acceptors (Lipinski definition) is 6. The van der Waals surface area contributed by atoms with Gasteiger partial charge in [0.25, 0.3) is 10.0 Å². The Morgan fingerprint density at radius 2 is 1.71 bits per heavy atom. The van der Waals surface area contributed by atoms with Crippen LogP contribution in [0.4, 0.5) is 11.6 Å². The zero-order valence-corrected chi connectivity index (χ0v) is 15.4. The third-order valence-electron chi connectivity index (χ3n) is 2.82. The van der Waals surface area contributed by atoms with E-state index < -0.39 is 10.0 Å². The van der Waals surface area contributed by atoms with Crippen LogP contribution in [0.2, 0.25) is 5.02 Å². The van der Waals surface area contributed by atoms with Crippen molar-refractivity contribution in [3.63, 3.8) is 0 Å². The zero-order chi connectivity index (χ0) is 18.0. The lowest BCUT2D eigenvalue weighted by Gasteiger charge is -2.20. The minimum Gasteiger partial charge on any atom is -0.495 e. The molecular weight excluding hydrogens is 352 g/mol. The van der Waals surface area contributed by atoms with E-state index >= 15 is 0 Å². The van der Waals surface area contributed by atoms with E-state index in [1.54, 1.807) is 12.1 Å². The summed E-state index contributed by atoms with van der Waals surface area (Å²) in [7, 11) is -2.52. The molecule has 0 amide bonds. The fourth-order valence-electron chi connectivity index (χ4n) is 1.89. The number of halogens is 1. The highest BCUT2D eigenvalue weighted by atomic mass is 35.5. The van der Waals surface area contributed by atoms with E-state index in [2.05, 4.69) is 20.2 Å². The maximum atomic E-state index is 12.5. The predicted molar refractivity (Wildman–Crippen MR) is 94.2 cm³/mol. The SMILES string of the molecule is COc1ccc(Cl)cc1S(=O)(=O)Nc1ccc(NC(C)(C)C)nn1. The molecule has 0 saturated heterocycles. The van der Waals surface area contributed by atoms with Gasteiger partial charge in [-0.15, -0.1) is 10.2 Å². The first-order valence-corrected chi connectivity index (χ1v) is 8.95. The first-order chi connectivity index (χ1) is 11.1. The maximum absolute atomic E-state index is 12.5. The third kappa shape index (κ3) is 4.72. The number of anilines is 2. The molecule has 7 nitrogen and oxygen atoms in total. The number of ether oxygens (including phenoxy) is 1. The van der Waals surface area contributed by atoms with Crippen LogP contribution in [0.3, 0.4) is 0 Å². The summed E-state index contributed by atoms with van der Waals surface area (Å²) in [5.74, 6) is 0.827. The standard InChI is InChI=1S/C15H19ClN4O3S/c1-15(2,3)17-13-7-8-14(19-18-13)20-24(21,22)12-9-10(16)5-6-11(12)23-4/h5-9H,1-4H3,(H,17,18)(H,19,20). The Balaban J connectivity index is 2.25. The first-order valence-electron chi connectivity index (χ1n) is 7.09. The molecule has 0 aliphatic rings. The monoisotopic (exact) mass is 370 g/mol. The Kier molecular flexibility index (Phi) is 5.19. The maximum Gasteiger partial charge on any atom is 0.266 e. The highest BCUT2D eigenvalue weighted by molar-refractivity contribution is 7.92. The van der Waals surface area contributed by atoms with Crippen LogP contribution in [-0.4, -0.2) is 31.3 Å². The van der Waals surface area contributed by atoms with E-state index in [1.807, 2.05) is 20.8 Å². The molecule has 0 fully saturated rings. The second kappa shape index (κ2) is 6.82. The molecule has 0 saturated carbocycles. The molecule has 0 atom stereocenters. The van der Waals surface area contributed by atoms with Crippen molar-refractivity contribution in [2.24, 2.45) is 0 Å². The summed E-state index contributed by atoms with van der Waals surface area (Å²) in [5, 5.41) is 11.3. The molecule has 1 heterocycles. The van der Waals surface area contributed by atoms with Crippen LogP contribution < -0.4 is 14.8 Å². The van der Waals surface area contributed by atoms with Gasteiger partial charge in [-0.05, 0) is 51.1 Å². The summed E-state index contributed by atoms with van der Waals surface area (Å²) >= 11 is 5.88. The van der Waals surface area contributed by atoms with E-state index in [-0.39, 0.29) is 27.0 Å². The number of rotatable bonds is 5. The van der Waals surface area contributed by atoms with Gasteiger partial charge in [0.05, 0.1) is 7.11 Å². The summed E-state index contributed by atoms with van der Waals surface area (Å²) in [5.41, 5.74) is -0.177. The lowest BCUT2D eigenvalue weighted by molar-refractivity contribution is 0.403. The van der Waals surface area contributed by atoms with Gasteiger partial charge in [-0.2, -0.15) is 0 Å². The van der Waals surface area contributed by atoms with Crippen LogP contribution in [0.15, 0.2) is 35.2 Å². The van der Waals surface area contributed by atoms with E-state index in [0.717, 1.165) is 0 Å². The predicted octanol–water partition coefficient (Wildman–Crippen LogP) is 3.15. The van der Waals surface area contributed by atoms with Gasteiger partial charge in [-0.25, -0.2) is 8.42 Å². The van der Waals surface area contributed by atoms with Crippen LogP contribution in [0.1, 0.15) is 20.8 Å². The molecule has 1 aromatic heterocycles. The Labute approximate surface area is 146 Å². The van der Waals surface area contributed by atoms with Gasteiger partial charge in [0.2, 0.25) is 0 Å². The number of methoxy groups -OCH3 is 1. The smallest absolute Gasteiger partial charge is 0.266 e. The van der Waals surface area contributed by atoms with Crippen molar-refractivity contribution in [3.8, 4) is 5.75 Å². The molecular formula is C15H19ClN4O3S. The minimum absolute atomic E-state index is 0.0730. The molecule has 24 heavy (non-hydrogen) atoms. The van der Waals surface area contributed by atoms with Gasteiger partial charge in [0.15, 0.2) is 5.82 Å². The van der Waals surface area contributed by atoms with Crippen molar-refractivity contribution >= 4 is 33.3 Å². The van der Waals surface area contributed by atoms with E-state index in [1.165, 1.54) is 25.3 Å². The average molecular weight is 371 g/mol. The van der Waals surface area contributed by atoms with E-state index in [0.29, 0.717) is 5.82 Å². The van der Waals surface area contributed by atoms with Crippen molar-refractivity contribution in [2.75, 3.05) is 17.1 Å². The molecule has 0 aliphatic carbocycles. The summed E-state index contributed by atoms with van der Waals surface area (Å²) in [6.07, 6.45) is 0. The van der Waals surface area contributed by atoms with Crippen molar-refractivity contribution in [2.45, 2.75) is 31.2 Å². The second-order valence-corrected chi connectivity index (χ2v) is 8.17.